The number of hydrogen-bond acceptors (Lipinski definition) is 3. The van der Waals surface area contributed by atoms with E-state index in [-0.39, 0.29) is 11.9 Å². The van der Waals surface area contributed by atoms with Gasteiger partial charge >= 0.3 is 0 Å². The molecule has 4 heteroatoms. The highest BCUT2D eigenvalue weighted by Crippen LogP contribution is 2.14. The maximum Gasteiger partial charge on any atom is 0.234 e. The van der Waals surface area contributed by atoms with Crippen molar-refractivity contribution in [3.63, 3.8) is 0 Å². The molecule has 0 aliphatic carbocycles. The Morgan fingerprint density at radius 2 is 2.31 bits per heavy atom. The van der Waals surface area contributed by atoms with Crippen molar-refractivity contribution in [2.24, 2.45) is 5.73 Å². The molecule has 1 fully saturated rings. The number of hydrogen-bond donors (Lipinski definition) is 2. The fraction of sp³-hybridized carbons (Fsp3) is 0.889. The summed E-state index contributed by atoms with van der Waals surface area (Å²) in [5.74, 6) is -0.276. The Kier molecular flexibility index (Phi) is 3.27. The fourth-order valence-electron chi connectivity index (χ4n) is 1.75. The summed E-state index contributed by atoms with van der Waals surface area (Å²) in [4.78, 5) is 13.1. The molecule has 1 rings (SSSR count). The van der Waals surface area contributed by atoms with Gasteiger partial charge in [0.25, 0.3) is 0 Å². The van der Waals surface area contributed by atoms with Gasteiger partial charge in [-0.05, 0) is 27.3 Å². The summed E-state index contributed by atoms with van der Waals surface area (Å²) in [5.41, 5.74) is 5.17. The van der Waals surface area contributed by atoms with Gasteiger partial charge in [0.1, 0.15) is 0 Å². The molecule has 3 N–H and O–H groups in total. The molecule has 0 aromatic rings. The van der Waals surface area contributed by atoms with Crippen LogP contribution in [0.1, 0.15) is 20.3 Å². The summed E-state index contributed by atoms with van der Waals surface area (Å²) in [6, 6.07) is 0.781. The van der Waals surface area contributed by atoms with Gasteiger partial charge in [-0.25, -0.2) is 0 Å². The van der Waals surface area contributed by atoms with Crippen LogP contribution in [0.3, 0.4) is 0 Å². The number of nitrogens with zero attached hydrogens (tertiary/aromatic N) is 1. The van der Waals surface area contributed by atoms with E-state index >= 15 is 0 Å². The average Bonchev–Trinajstić information content (AvgIpc) is 2.31. The summed E-state index contributed by atoms with van der Waals surface area (Å²) in [7, 11) is 2.10. The van der Waals surface area contributed by atoms with Gasteiger partial charge in [-0.1, -0.05) is 0 Å². The van der Waals surface area contributed by atoms with Crippen LogP contribution in [0.4, 0.5) is 0 Å². The third-order valence-electron chi connectivity index (χ3n) is 2.80. The van der Waals surface area contributed by atoms with E-state index in [1.165, 1.54) is 0 Å². The van der Waals surface area contributed by atoms with Crippen molar-refractivity contribution in [1.82, 2.24) is 10.2 Å². The third-order valence-corrected chi connectivity index (χ3v) is 2.80. The van der Waals surface area contributed by atoms with Gasteiger partial charge in [0, 0.05) is 18.6 Å². The van der Waals surface area contributed by atoms with Crippen LogP contribution < -0.4 is 11.1 Å². The molecule has 0 radical (unpaired) electrons. The van der Waals surface area contributed by atoms with Gasteiger partial charge in [-0.2, -0.15) is 0 Å². The predicted octanol–water partition coefficient (Wildman–Crippen LogP) is -0.458. The van der Waals surface area contributed by atoms with Crippen LogP contribution in [-0.4, -0.2) is 42.5 Å². The van der Waals surface area contributed by atoms with E-state index in [1.807, 2.05) is 6.92 Å². The maximum absolute atomic E-state index is 10.8. The molecule has 1 aliphatic rings. The number of likely N-dealkylation sites (tertiary alicyclic amines) is 1. The van der Waals surface area contributed by atoms with Crippen molar-refractivity contribution in [2.75, 3.05) is 13.6 Å². The molecule has 0 spiro atoms. The van der Waals surface area contributed by atoms with Crippen molar-refractivity contribution < 1.29 is 4.79 Å². The van der Waals surface area contributed by atoms with Gasteiger partial charge in [0.2, 0.25) is 5.91 Å². The molecule has 0 aromatic carbocycles. The van der Waals surface area contributed by atoms with E-state index in [4.69, 9.17) is 5.73 Å². The zero-order valence-corrected chi connectivity index (χ0v) is 8.58. The minimum absolute atomic E-state index is 0.219. The molecule has 13 heavy (non-hydrogen) atoms. The minimum atomic E-state index is -0.276. The number of rotatable bonds is 3. The van der Waals surface area contributed by atoms with Gasteiger partial charge in [-0.3, -0.25) is 4.79 Å². The second kappa shape index (κ2) is 4.07. The quantitative estimate of drug-likeness (QED) is 0.625. The Labute approximate surface area is 79.5 Å². The third kappa shape index (κ3) is 2.67. The first-order valence-electron chi connectivity index (χ1n) is 4.76. The molecule has 1 heterocycles. The van der Waals surface area contributed by atoms with E-state index in [1.54, 1.807) is 0 Å². The molecule has 4 nitrogen and oxygen atoms in total. The SMILES string of the molecule is CC1CC(N[C@@H](C)C(N)=O)CN1C. The first kappa shape index (κ1) is 10.5. The fourth-order valence-corrected chi connectivity index (χ4v) is 1.75. The lowest BCUT2D eigenvalue weighted by atomic mass is 10.1. The summed E-state index contributed by atoms with van der Waals surface area (Å²) < 4.78 is 0. The highest BCUT2D eigenvalue weighted by molar-refractivity contribution is 5.79. The van der Waals surface area contributed by atoms with Crippen LogP contribution in [0.5, 0.6) is 0 Å². The largest absolute Gasteiger partial charge is 0.368 e. The van der Waals surface area contributed by atoms with Crippen LogP contribution in [-0.2, 0) is 4.79 Å². The Balaban J connectivity index is 2.35. The summed E-state index contributed by atoms with van der Waals surface area (Å²) in [5, 5.41) is 3.22. The number of likely N-dealkylation sites (N-methyl/N-ethyl adjacent to an activating group) is 1. The van der Waals surface area contributed by atoms with Gasteiger partial charge < -0.3 is 16.0 Å². The van der Waals surface area contributed by atoms with Crippen molar-refractivity contribution in [3.8, 4) is 0 Å². The van der Waals surface area contributed by atoms with Crippen LogP contribution in [0.25, 0.3) is 0 Å². The Bertz CT molecular complexity index is 185. The molecule has 0 saturated carbocycles. The minimum Gasteiger partial charge on any atom is -0.368 e. The Morgan fingerprint density at radius 3 is 2.69 bits per heavy atom. The lowest BCUT2D eigenvalue weighted by Crippen LogP contribution is -2.45. The first-order chi connectivity index (χ1) is 6.00. The Morgan fingerprint density at radius 1 is 1.69 bits per heavy atom. The van der Waals surface area contributed by atoms with Crippen LogP contribution >= 0.6 is 0 Å². The molecule has 76 valence electrons. The molecule has 2 unspecified atom stereocenters. The number of amides is 1. The summed E-state index contributed by atoms with van der Waals surface area (Å²) in [6.07, 6.45) is 1.09. The van der Waals surface area contributed by atoms with E-state index < -0.39 is 0 Å². The maximum atomic E-state index is 10.8. The lowest BCUT2D eigenvalue weighted by molar-refractivity contribution is -0.119. The molecule has 1 amide bonds. The molecule has 1 aliphatic heterocycles. The number of nitrogens with one attached hydrogen (secondary N) is 1. The van der Waals surface area contributed by atoms with E-state index in [0.717, 1.165) is 13.0 Å². The highest BCUT2D eigenvalue weighted by Gasteiger charge is 2.27. The molecular formula is C9H19N3O. The van der Waals surface area contributed by atoms with Gasteiger partial charge in [-0.15, -0.1) is 0 Å². The molecular weight excluding hydrogens is 166 g/mol. The standard InChI is InChI=1S/C9H19N3O/c1-6-4-8(5-12(6)3)11-7(2)9(10)13/h6-8,11H,4-5H2,1-3H3,(H2,10,13)/t6?,7-,8?/m0/s1. The molecule has 0 aromatic heterocycles. The number of nitrogens with two attached hydrogens (primary N) is 1. The molecule has 0 bridgehead atoms. The second-order valence-corrected chi connectivity index (χ2v) is 4.01. The van der Waals surface area contributed by atoms with Crippen molar-refractivity contribution in [1.29, 1.82) is 0 Å². The number of carbonyl (C=O) groups is 1. The van der Waals surface area contributed by atoms with Crippen molar-refractivity contribution >= 4 is 5.91 Å². The van der Waals surface area contributed by atoms with E-state index in [9.17, 15) is 4.79 Å². The van der Waals surface area contributed by atoms with Crippen molar-refractivity contribution in [2.45, 2.75) is 38.4 Å². The highest BCUT2D eigenvalue weighted by atomic mass is 16.1. The van der Waals surface area contributed by atoms with Gasteiger partial charge in [0.15, 0.2) is 0 Å². The zero-order chi connectivity index (χ0) is 10.0. The van der Waals surface area contributed by atoms with Crippen LogP contribution in [0.2, 0.25) is 0 Å². The smallest absolute Gasteiger partial charge is 0.234 e. The van der Waals surface area contributed by atoms with Crippen molar-refractivity contribution in [3.05, 3.63) is 0 Å². The summed E-state index contributed by atoms with van der Waals surface area (Å²) >= 11 is 0. The van der Waals surface area contributed by atoms with E-state index in [0.29, 0.717) is 12.1 Å². The van der Waals surface area contributed by atoms with Gasteiger partial charge in [0.05, 0.1) is 6.04 Å². The number of primary amides is 1. The second-order valence-electron chi connectivity index (χ2n) is 4.01. The first-order valence-corrected chi connectivity index (χ1v) is 4.76. The molecule has 1 saturated heterocycles. The predicted molar refractivity (Wildman–Crippen MR) is 52.3 cm³/mol. The Hall–Kier alpha value is -0.610. The molecule has 3 atom stereocenters. The van der Waals surface area contributed by atoms with Crippen LogP contribution in [0, 0.1) is 0 Å². The lowest BCUT2D eigenvalue weighted by Gasteiger charge is -2.16. The monoisotopic (exact) mass is 185 g/mol. The number of carbonyl (C=O) groups excluding carboxylic acids is 1. The average molecular weight is 185 g/mol. The van der Waals surface area contributed by atoms with Crippen LogP contribution in [0.15, 0.2) is 0 Å². The van der Waals surface area contributed by atoms with E-state index in [2.05, 4.69) is 24.2 Å². The normalized spacial score (nSPS) is 31.9. The summed E-state index contributed by atoms with van der Waals surface area (Å²) in [6.45, 7) is 5.00. The zero-order valence-electron chi connectivity index (χ0n) is 8.58. The topological polar surface area (TPSA) is 58.4 Å².